The Hall–Kier alpha value is -0.250. The lowest BCUT2D eigenvalue weighted by Gasteiger charge is -2.23. The van der Waals surface area contributed by atoms with Crippen LogP contribution in [0.2, 0.25) is 0 Å². The maximum Gasteiger partial charge on any atom is 0.333 e. The Morgan fingerprint density at radius 3 is 2.00 bits per heavy atom. The normalized spacial score (nSPS) is 9.43. The van der Waals surface area contributed by atoms with Gasteiger partial charge in [-0.3, -0.25) is 0 Å². The van der Waals surface area contributed by atoms with E-state index in [4.69, 9.17) is 4.74 Å². The first-order valence-electron chi connectivity index (χ1n) is 3.96. The summed E-state index contributed by atoms with van der Waals surface area (Å²) in [5.41, 5.74) is 0.455. The van der Waals surface area contributed by atoms with Gasteiger partial charge < -0.3 is 9.22 Å². The number of carbonyl (C=O) groups is 1. The fraction of sp³-hybridized carbons (Fsp3) is 0.667. The van der Waals surface area contributed by atoms with Gasteiger partial charge in [0, 0.05) is 5.57 Å². The third kappa shape index (κ3) is 11.8. The third-order valence-electron chi connectivity index (χ3n) is 1.34. The molecule has 0 atom stereocenters. The second kappa shape index (κ2) is 8.09. The molecule has 0 unspecified atom stereocenters. The van der Waals surface area contributed by atoms with E-state index in [1.54, 1.807) is 6.92 Å². The molecular weight excluding hydrogens is 225 g/mol. The Kier molecular flexibility index (Phi) is 11.2. The Labute approximate surface area is 98.5 Å². The molecular formula is C9H20Cl2NO2+. The molecule has 0 saturated carbocycles. The van der Waals surface area contributed by atoms with Crippen LogP contribution in [0.5, 0.6) is 0 Å². The lowest BCUT2D eigenvalue weighted by Crippen LogP contribution is -2.38. The number of hydrogen-bond donors (Lipinski definition) is 0. The van der Waals surface area contributed by atoms with Gasteiger partial charge in [-0.2, -0.15) is 0 Å². The zero-order chi connectivity index (χ0) is 9.78. The number of carbonyl (C=O) groups excluding carboxylic acids is 1. The van der Waals surface area contributed by atoms with Crippen molar-refractivity contribution < 1.29 is 14.0 Å². The highest BCUT2D eigenvalue weighted by atomic mass is 35.5. The lowest BCUT2D eigenvalue weighted by molar-refractivity contribution is -0.870. The molecule has 0 amide bonds. The van der Waals surface area contributed by atoms with E-state index in [0.717, 1.165) is 11.0 Å². The van der Waals surface area contributed by atoms with Gasteiger partial charge in [-0.05, 0) is 6.92 Å². The molecule has 0 aliphatic carbocycles. The maximum absolute atomic E-state index is 10.9. The first kappa shape index (κ1) is 19.3. The van der Waals surface area contributed by atoms with E-state index in [-0.39, 0.29) is 30.8 Å². The van der Waals surface area contributed by atoms with Crippen molar-refractivity contribution >= 4 is 30.8 Å². The van der Waals surface area contributed by atoms with Crippen molar-refractivity contribution in [1.82, 2.24) is 0 Å². The molecule has 0 aromatic rings. The fourth-order valence-electron chi connectivity index (χ4n) is 0.535. The molecule has 0 aliphatic rings. The van der Waals surface area contributed by atoms with Gasteiger partial charge >= 0.3 is 5.97 Å². The van der Waals surface area contributed by atoms with E-state index in [1.165, 1.54) is 0 Å². The molecule has 86 valence electrons. The summed E-state index contributed by atoms with van der Waals surface area (Å²) in [6.07, 6.45) is 0. The molecule has 0 spiro atoms. The Bertz CT molecular complexity index is 188. The van der Waals surface area contributed by atoms with Gasteiger partial charge in [0.05, 0.1) is 21.1 Å². The van der Waals surface area contributed by atoms with Crippen molar-refractivity contribution in [3.63, 3.8) is 0 Å². The van der Waals surface area contributed by atoms with Crippen LogP contribution in [0.3, 0.4) is 0 Å². The van der Waals surface area contributed by atoms with Crippen LogP contribution in [-0.2, 0) is 9.53 Å². The van der Waals surface area contributed by atoms with Crippen molar-refractivity contribution in [2.24, 2.45) is 0 Å². The third-order valence-corrected chi connectivity index (χ3v) is 1.34. The van der Waals surface area contributed by atoms with Crippen LogP contribution >= 0.6 is 24.8 Å². The van der Waals surface area contributed by atoms with Crippen molar-refractivity contribution in [3.8, 4) is 0 Å². The van der Waals surface area contributed by atoms with Crippen LogP contribution in [0.15, 0.2) is 12.2 Å². The van der Waals surface area contributed by atoms with E-state index < -0.39 is 0 Å². The van der Waals surface area contributed by atoms with Crippen LogP contribution in [-0.4, -0.2) is 44.7 Å². The van der Waals surface area contributed by atoms with Crippen molar-refractivity contribution in [2.75, 3.05) is 34.3 Å². The average molecular weight is 245 g/mol. The molecule has 14 heavy (non-hydrogen) atoms. The Morgan fingerprint density at radius 1 is 1.29 bits per heavy atom. The SMILES string of the molecule is C=C(C)C(=O)OCC[N+](C)(C)C.Cl.Cl. The van der Waals surface area contributed by atoms with Crippen LogP contribution in [0.1, 0.15) is 6.92 Å². The number of hydrogen-bond acceptors (Lipinski definition) is 2. The van der Waals surface area contributed by atoms with E-state index in [1.807, 2.05) is 0 Å². The van der Waals surface area contributed by atoms with Gasteiger partial charge in [0.25, 0.3) is 0 Å². The molecule has 0 N–H and O–H groups in total. The van der Waals surface area contributed by atoms with E-state index in [0.29, 0.717) is 12.2 Å². The molecule has 0 aromatic heterocycles. The molecule has 0 fully saturated rings. The molecule has 3 nitrogen and oxygen atoms in total. The fourth-order valence-corrected chi connectivity index (χ4v) is 0.535. The van der Waals surface area contributed by atoms with Gasteiger partial charge in [-0.1, -0.05) is 6.58 Å². The van der Waals surface area contributed by atoms with Crippen molar-refractivity contribution in [3.05, 3.63) is 12.2 Å². The molecule has 0 bridgehead atoms. The van der Waals surface area contributed by atoms with E-state index in [2.05, 4.69) is 27.7 Å². The standard InChI is InChI=1S/C9H18NO2.2ClH/c1-8(2)9(11)12-7-6-10(3,4)5;;/h1,6-7H2,2-5H3;2*1H/q+1;;. The summed E-state index contributed by atoms with van der Waals surface area (Å²) in [7, 11) is 6.15. The first-order chi connectivity index (χ1) is 5.33. The summed E-state index contributed by atoms with van der Waals surface area (Å²) >= 11 is 0. The monoisotopic (exact) mass is 244 g/mol. The number of nitrogens with zero attached hydrogens (tertiary/aromatic N) is 1. The van der Waals surface area contributed by atoms with Gasteiger partial charge in [-0.15, -0.1) is 24.8 Å². The topological polar surface area (TPSA) is 26.3 Å². The molecule has 0 rings (SSSR count). The molecule has 5 heteroatoms. The van der Waals surface area contributed by atoms with Crippen LogP contribution < -0.4 is 0 Å². The zero-order valence-corrected chi connectivity index (χ0v) is 10.8. The van der Waals surface area contributed by atoms with Crippen LogP contribution in [0.25, 0.3) is 0 Å². The van der Waals surface area contributed by atoms with Crippen LogP contribution in [0.4, 0.5) is 0 Å². The highest BCUT2D eigenvalue weighted by Crippen LogP contribution is 1.94. The number of ether oxygens (including phenoxy) is 1. The summed E-state index contributed by atoms with van der Waals surface area (Å²) < 4.78 is 5.72. The van der Waals surface area contributed by atoms with Crippen LogP contribution in [0, 0.1) is 0 Å². The number of rotatable bonds is 4. The molecule has 0 radical (unpaired) electrons. The minimum atomic E-state index is -0.302. The molecule has 0 saturated heterocycles. The smallest absolute Gasteiger partial charge is 0.333 e. The second-order valence-electron chi connectivity index (χ2n) is 3.93. The minimum absolute atomic E-state index is 0. The number of likely N-dealkylation sites (N-methyl/N-ethyl adjacent to an activating group) is 1. The minimum Gasteiger partial charge on any atom is -0.456 e. The number of quaternary nitrogens is 1. The Morgan fingerprint density at radius 2 is 1.71 bits per heavy atom. The zero-order valence-electron chi connectivity index (χ0n) is 9.20. The quantitative estimate of drug-likeness (QED) is 0.427. The summed E-state index contributed by atoms with van der Waals surface area (Å²) in [4.78, 5) is 10.9. The lowest BCUT2D eigenvalue weighted by atomic mass is 10.4. The van der Waals surface area contributed by atoms with E-state index in [9.17, 15) is 4.79 Å². The molecule has 0 heterocycles. The van der Waals surface area contributed by atoms with Gasteiger partial charge in [-0.25, -0.2) is 4.79 Å². The molecule has 0 aliphatic heterocycles. The van der Waals surface area contributed by atoms with Gasteiger partial charge in [0.1, 0.15) is 13.2 Å². The maximum atomic E-state index is 10.9. The summed E-state index contributed by atoms with van der Waals surface area (Å²) in [5.74, 6) is -0.302. The van der Waals surface area contributed by atoms with E-state index >= 15 is 0 Å². The Balaban J connectivity index is -0.000000605. The summed E-state index contributed by atoms with van der Waals surface area (Å²) in [5, 5.41) is 0. The van der Waals surface area contributed by atoms with Crippen molar-refractivity contribution in [2.45, 2.75) is 6.92 Å². The average Bonchev–Trinajstić information content (AvgIpc) is 1.84. The van der Waals surface area contributed by atoms with Gasteiger partial charge in [0.15, 0.2) is 0 Å². The predicted octanol–water partition coefficient (Wildman–Crippen LogP) is 1.66. The van der Waals surface area contributed by atoms with Gasteiger partial charge in [0.2, 0.25) is 0 Å². The summed E-state index contributed by atoms with van der Waals surface area (Å²) in [6, 6.07) is 0. The second-order valence-corrected chi connectivity index (χ2v) is 3.93. The summed E-state index contributed by atoms with van der Waals surface area (Å²) in [6.45, 7) is 6.41. The number of esters is 1. The van der Waals surface area contributed by atoms with Crippen molar-refractivity contribution in [1.29, 1.82) is 0 Å². The first-order valence-corrected chi connectivity index (χ1v) is 3.96. The largest absolute Gasteiger partial charge is 0.456 e. The molecule has 0 aromatic carbocycles. The highest BCUT2D eigenvalue weighted by Gasteiger charge is 2.09. The highest BCUT2D eigenvalue weighted by molar-refractivity contribution is 5.86. The number of halogens is 2. The predicted molar refractivity (Wildman–Crippen MR) is 63.2 cm³/mol.